The molecule has 0 spiro atoms. The molecule has 1 heterocycles. The van der Waals surface area contributed by atoms with Crippen LogP contribution in [-0.2, 0) is 9.47 Å². The minimum Gasteiger partial charge on any atom is -0.394 e. The number of unbranched alkanes of at least 4 members (excludes halogenated alkanes) is 1. The highest BCUT2D eigenvalue weighted by Crippen LogP contribution is 2.25. The van der Waals surface area contributed by atoms with E-state index >= 15 is 0 Å². The van der Waals surface area contributed by atoms with Crippen LogP contribution < -0.4 is 0 Å². The first-order valence-electron chi connectivity index (χ1n) is 5.54. The number of hydrogen-bond acceptors (Lipinski definition) is 6. The Morgan fingerprint density at radius 3 is 2.62 bits per heavy atom. The maximum absolute atomic E-state index is 9.58. The summed E-state index contributed by atoms with van der Waals surface area (Å²) in [6, 6.07) is 0. The number of hydrogen-bond donors (Lipinski definition) is 4. The summed E-state index contributed by atoms with van der Waals surface area (Å²) in [5, 5.41) is 37.1. The number of aliphatic hydroxyl groups is 4. The van der Waals surface area contributed by atoms with Crippen molar-refractivity contribution in [3.05, 3.63) is 0 Å². The van der Waals surface area contributed by atoms with Gasteiger partial charge in [-0.05, 0) is 6.42 Å². The Hall–Kier alpha value is -0.240. The predicted octanol–water partition coefficient (Wildman–Crippen LogP) is -1.40. The van der Waals surface area contributed by atoms with Crippen molar-refractivity contribution >= 4 is 0 Å². The molecule has 0 aromatic rings. The lowest BCUT2D eigenvalue weighted by atomic mass is 10.1. The van der Waals surface area contributed by atoms with Crippen LogP contribution in [0.5, 0.6) is 0 Å². The molecule has 16 heavy (non-hydrogen) atoms. The van der Waals surface area contributed by atoms with E-state index in [4.69, 9.17) is 14.6 Å². The van der Waals surface area contributed by atoms with Gasteiger partial charge in [0, 0.05) is 6.61 Å². The van der Waals surface area contributed by atoms with E-state index in [1.807, 2.05) is 6.92 Å². The molecule has 6 heteroatoms. The zero-order valence-corrected chi connectivity index (χ0v) is 9.32. The van der Waals surface area contributed by atoms with E-state index in [-0.39, 0.29) is 0 Å². The Kier molecular flexibility index (Phi) is 5.60. The van der Waals surface area contributed by atoms with E-state index in [1.54, 1.807) is 0 Å². The zero-order chi connectivity index (χ0) is 12.1. The van der Waals surface area contributed by atoms with Crippen LogP contribution in [0.3, 0.4) is 0 Å². The Morgan fingerprint density at radius 2 is 2.06 bits per heavy atom. The van der Waals surface area contributed by atoms with Crippen molar-refractivity contribution in [1.82, 2.24) is 0 Å². The smallest absolute Gasteiger partial charge is 0.184 e. The van der Waals surface area contributed by atoms with Crippen LogP contribution in [0.25, 0.3) is 0 Å². The van der Waals surface area contributed by atoms with Gasteiger partial charge in [0.1, 0.15) is 24.4 Å². The lowest BCUT2D eigenvalue weighted by Gasteiger charge is -2.23. The molecular weight excluding hydrogens is 216 g/mol. The van der Waals surface area contributed by atoms with E-state index in [2.05, 4.69) is 0 Å². The van der Waals surface area contributed by atoms with Gasteiger partial charge in [-0.25, -0.2) is 0 Å². The average molecular weight is 236 g/mol. The third-order valence-electron chi connectivity index (χ3n) is 2.62. The molecule has 5 atom stereocenters. The molecule has 1 aliphatic rings. The van der Waals surface area contributed by atoms with Gasteiger partial charge in [-0.2, -0.15) is 0 Å². The fourth-order valence-corrected chi connectivity index (χ4v) is 1.65. The van der Waals surface area contributed by atoms with Crippen LogP contribution in [-0.4, -0.2) is 64.3 Å². The van der Waals surface area contributed by atoms with Gasteiger partial charge in [0.2, 0.25) is 0 Å². The molecule has 6 nitrogen and oxygen atoms in total. The van der Waals surface area contributed by atoms with Crippen LogP contribution >= 0.6 is 0 Å². The van der Waals surface area contributed by atoms with Gasteiger partial charge in [0.05, 0.1) is 6.61 Å². The Balaban J connectivity index is 2.53. The van der Waals surface area contributed by atoms with Crippen molar-refractivity contribution < 1.29 is 29.9 Å². The summed E-state index contributed by atoms with van der Waals surface area (Å²) in [5.41, 5.74) is 0. The average Bonchev–Trinajstić information content (AvgIpc) is 2.56. The largest absolute Gasteiger partial charge is 0.394 e. The normalized spacial score (nSPS) is 36.6. The van der Waals surface area contributed by atoms with E-state index < -0.39 is 37.3 Å². The molecule has 0 radical (unpaired) electrons. The summed E-state index contributed by atoms with van der Waals surface area (Å²) in [5.74, 6) is 0. The lowest BCUT2D eigenvalue weighted by molar-refractivity contribution is -0.151. The van der Waals surface area contributed by atoms with Crippen LogP contribution in [0.1, 0.15) is 19.8 Å². The maximum atomic E-state index is 9.58. The summed E-state index contributed by atoms with van der Waals surface area (Å²) in [7, 11) is 0. The van der Waals surface area contributed by atoms with Gasteiger partial charge in [-0.1, -0.05) is 13.3 Å². The summed E-state index contributed by atoms with van der Waals surface area (Å²) in [4.78, 5) is 0. The highest BCUT2D eigenvalue weighted by molar-refractivity contribution is 4.91. The number of rotatable bonds is 6. The fourth-order valence-electron chi connectivity index (χ4n) is 1.65. The SMILES string of the molecule is CCCCO[C@H]1[C@@H]([C@H](O)CO)OC(O)[C@@H]1O. The van der Waals surface area contributed by atoms with Gasteiger partial charge < -0.3 is 29.9 Å². The molecule has 96 valence electrons. The van der Waals surface area contributed by atoms with E-state index in [0.29, 0.717) is 6.61 Å². The second-order valence-corrected chi connectivity index (χ2v) is 3.92. The first-order valence-corrected chi connectivity index (χ1v) is 5.54. The molecule has 1 unspecified atom stereocenters. The first kappa shape index (κ1) is 13.8. The molecule has 0 bridgehead atoms. The molecule has 0 aromatic heterocycles. The zero-order valence-electron chi connectivity index (χ0n) is 9.32. The molecule has 1 aliphatic heterocycles. The monoisotopic (exact) mass is 236 g/mol. The first-order chi connectivity index (χ1) is 7.61. The van der Waals surface area contributed by atoms with Crippen LogP contribution in [0, 0.1) is 0 Å². The van der Waals surface area contributed by atoms with Crippen molar-refractivity contribution in [2.24, 2.45) is 0 Å². The van der Waals surface area contributed by atoms with Gasteiger partial charge >= 0.3 is 0 Å². The fraction of sp³-hybridized carbons (Fsp3) is 1.00. The standard InChI is InChI=1S/C10H20O6/c1-2-3-4-15-9-7(13)10(14)16-8(9)6(12)5-11/h6-14H,2-5H2,1H3/t6-,7-,8-,9-,10?/m1/s1. The molecular formula is C10H20O6. The van der Waals surface area contributed by atoms with Crippen LogP contribution in [0.4, 0.5) is 0 Å². The summed E-state index contributed by atoms with van der Waals surface area (Å²) in [6.07, 6.45) is -3.67. The quantitative estimate of drug-likeness (QED) is 0.423. The van der Waals surface area contributed by atoms with Crippen LogP contribution in [0.15, 0.2) is 0 Å². The highest BCUT2D eigenvalue weighted by Gasteiger charge is 2.46. The van der Waals surface area contributed by atoms with E-state index in [0.717, 1.165) is 12.8 Å². The van der Waals surface area contributed by atoms with E-state index in [1.165, 1.54) is 0 Å². The second-order valence-electron chi connectivity index (χ2n) is 3.92. The predicted molar refractivity (Wildman–Crippen MR) is 54.6 cm³/mol. The topological polar surface area (TPSA) is 99.4 Å². The van der Waals surface area contributed by atoms with Gasteiger partial charge in [0.25, 0.3) is 0 Å². The van der Waals surface area contributed by atoms with E-state index in [9.17, 15) is 15.3 Å². The minimum absolute atomic E-state index is 0.420. The molecule has 0 saturated carbocycles. The third kappa shape index (κ3) is 3.13. The van der Waals surface area contributed by atoms with Crippen molar-refractivity contribution in [2.45, 2.75) is 50.5 Å². The number of aliphatic hydroxyl groups excluding tert-OH is 4. The third-order valence-corrected chi connectivity index (χ3v) is 2.62. The second kappa shape index (κ2) is 6.48. The van der Waals surface area contributed by atoms with Crippen molar-refractivity contribution in [1.29, 1.82) is 0 Å². The molecule has 1 fully saturated rings. The molecule has 0 aliphatic carbocycles. The van der Waals surface area contributed by atoms with Crippen molar-refractivity contribution in [2.75, 3.05) is 13.2 Å². The Bertz CT molecular complexity index is 200. The van der Waals surface area contributed by atoms with Crippen LogP contribution in [0.2, 0.25) is 0 Å². The van der Waals surface area contributed by atoms with Crippen molar-refractivity contribution in [3.63, 3.8) is 0 Å². The molecule has 1 saturated heterocycles. The van der Waals surface area contributed by atoms with Gasteiger partial charge in [-0.3, -0.25) is 0 Å². The maximum Gasteiger partial charge on any atom is 0.184 e. The summed E-state index contributed by atoms with van der Waals surface area (Å²) >= 11 is 0. The molecule has 4 N–H and O–H groups in total. The molecule has 1 rings (SSSR count). The Labute approximate surface area is 94.4 Å². The van der Waals surface area contributed by atoms with Gasteiger partial charge in [-0.15, -0.1) is 0 Å². The highest BCUT2D eigenvalue weighted by atomic mass is 16.7. The minimum atomic E-state index is -1.38. The summed E-state index contributed by atoms with van der Waals surface area (Å²) in [6.45, 7) is 1.92. The van der Waals surface area contributed by atoms with Gasteiger partial charge in [0.15, 0.2) is 6.29 Å². The molecule has 0 amide bonds. The molecule has 0 aromatic carbocycles. The summed E-state index contributed by atoms with van der Waals surface area (Å²) < 4.78 is 10.3. The number of ether oxygens (including phenoxy) is 2. The lowest BCUT2D eigenvalue weighted by Crippen LogP contribution is -2.42. The van der Waals surface area contributed by atoms with Crippen molar-refractivity contribution in [3.8, 4) is 0 Å². The Morgan fingerprint density at radius 1 is 1.38 bits per heavy atom.